The van der Waals surface area contributed by atoms with Crippen LogP contribution in [0.15, 0.2) is 97.1 Å². The van der Waals surface area contributed by atoms with Gasteiger partial charge in [-0.2, -0.15) is 4.86 Å². The highest BCUT2D eigenvalue weighted by atomic mass is 31.2. The average molecular weight is 440 g/mol. The molecule has 4 aromatic rings. The Morgan fingerprint density at radius 1 is 0.387 bits per heavy atom. The molecule has 0 N–H and O–H groups in total. The van der Waals surface area contributed by atoms with Gasteiger partial charge in [-0.25, -0.2) is 0 Å². The van der Waals surface area contributed by atoms with Crippen LogP contribution in [0.25, 0.3) is 0 Å². The molecule has 0 saturated carbocycles. The molecule has 4 rings (SSSR count). The Bertz CT molecular complexity index is 1000. The van der Waals surface area contributed by atoms with Crippen molar-refractivity contribution in [3.63, 3.8) is 0 Å². The van der Waals surface area contributed by atoms with Gasteiger partial charge in [0.15, 0.2) is 0 Å². The number of aryl methyl sites for hydroxylation is 4. The van der Waals surface area contributed by atoms with Crippen LogP contribution in [0.1, 0.15) is 22.3 Å². The summed E-state index contributed by atoms with van der Waals surface area (Å²) >= 11 is 0. The molecule has 3 heteroatoms. The zero-order chi connectivity index (χ0) is 21.8. The molecule has 4 aromatic carbocycles. The number of hydrogen-bond acceptors (Lipinski definition) is 0. The SMILES string of the molecule is Cc1ccccc1P([N]P(c1ccccc1C)c1ccccc1C)c1ccccc1C. The van der Waals surface area contributed by atoms with Gasteiger partial charge in [0.2, 0.25) is 0 Å². The maximum Gasteiger partial charge on any atom is 0.0502 e. The lowest BCUT2D eigenvalue weighted by Crippen LogP contribution is -2.27. The summed E-state index contributed by atoms with van der Waals surface area (Å²) in [7, 11) is -1.70. The molecule has 0 bridgehead atoms. The molecule has 31 heavy (non-hydrogen) atoms. The topological polar surface area (TPSA) is 14.1 Å². The summed E-state index contributed by atoms with van der Waals surface area (Å²) in [5, 5.41) is 5.39. The highest BCUT2D eigenvalue weighted by Gasteiger charge is 2.27. The van der Waals surface area contributed by atoms with Gasteiger partial charge in [-0.05, 0) is 71.2 Å². The lowest BCUT2D eigenvalue weighted by Gasteiger charge is -2.28. The Balaban J connectivity index is 1.89. The van der Waals surface area contributed by atoms with Crippen molar-refractivity contribution in [3.05, 3.63) is 119 Å². The lowest BCUT2D eigenvalue weighted by atomic mass is 10.2. The second kappa shape index (κ2) is 9.88. The largest absolute Gasteiger partial charge is 0.173 e. The summed E-state index contributed by atoms with van der Waals surface area (Å²) in [5.41, 5.74) is 5.24. The summed E-state index contributed by atoms with van der Waals surface area (Å²) in [4.78, 5) is 5.73. The molecule has 0 fully saturated rings. The van der Waals surface area contributed by atoms with E-state index in [1.165, 1.54) is 43.5 Å². The quantitative estimate of drug-likeness (QED) is 0.331. The molecule has 0 unspecified atom stereocenters. The average Bonchev–Trinajstić information content (AvgIpc) is 2.78. The maximum atomic E-state index is 5.73. The fraction of sp³-hybridized carbons (Fsp3) is 0.143. The van der Waals surface area contributed by atoms with Crippen LogP contribution in [0, 0.1) is 27.7 Å². The first kappa shape index (κ1) is 21.9. The van der Waals surface area contributed by atoms with Gasteiger partial charge in [0.1, 0.15) is 0 Å². The maximum absolute atomic E-state index is 5.73. The minimum absolute atomic E-state index is 0.850. The van der Waals surface area contributed by atoms with Gasteiger partial charge in [-0.1, -0.05) is 97.1 Å². The Labute approximate surface area is 189 Å². The Kier molecular flexibility index (Phi) is 6.99. The van der Waals surface area contributed by atoms with Crippen molar-refractivity contribution in [1.82, 2.24) is 4.86 Å². The van der Waals surface area contributed by atoms with Gasteiger partial charge in [0, 0.05) is 0 Å². The van der Waals surface area contributed by atoms with Crippen LogP contribution in [-0.2, 0) is 0 Å². The second-order valence-corrected chi connectivity index (χ2v) is 11.7. The van der Waals surface area contributed by atoms with E-state index < -0.39 is 16.1 Å². The number of benzene rings is 4. The molecule has 0 atom stereocenters. The van der Waals surface area contributed by atoms with Crippen LogP contribution in [0.5, 0.6) is 0 Å². The Morgan fingerprint density at radius 3 is 0.839 bits per heavy atom. The zero-order valence-corrected chi connectivity index (χ0v) is 20.4. The normalized spacial score (nSPS) is 11.3. The Hall–Kier alpha value is -2.30. The third-order valence-corrected chi connectivity index (χ3v) is 10.8. The molecule has 155 valence electrons. The van der Waals surface area contributed by atoms with E-state index in [2.05, 4.69) is 125 Å². The van der Waals surface area contributed by atoms with Crippen molar-refractivity contribution in [2.75, 3.05) is 0 Å². The van der Waals surface area contributed by atoms with Crippen molar-refractivity contribution >= 4 is 37.4 Å². The first-order chi connectivity index (χ1) is 15.1. The first-order valence-corrected chi connectivity index (χ1v) is 13.2. The van der Waals surface area contributed by atoms with Crippen molar-refractivity contribution in [3.8, 4) is 0 Å². The molecular weight excluding hydrogens is 412 g/mol. The summed E-state index contributed by atoms with van der Waals surface area (Å²) in [6, 6.07) is 35.0. The van der Waals surface area contributed by atoms with Crippen molar-refractivity contribution in [1.29, 1.82) is 0 Å². The van der Waals surface area contributed by atoms with Crippen LogP contribution in [-0.4, -0.2) is 0 Å². The number of hydrogen-bond donors (Lipinski definition) is 0. The smallest absolute Gasteiger partial charge is 0.0502 e. The van der Waals surface area contributed by atoms with Gasteiger partial charge in [0.25, 0.3) is 0 Å². The van der Waals surface area contributed by atoms with Gasteiger partial charge in [-0.15, -0.1) is 0 Å². The van der Waals surface area contributed by atoms with Crippen LogP contribution in [0.3, 0.4) is 0 Å². The minimum atomic E-state index is -0.850. The van der Waals surface area contributed by atoms with Crippen LogP contribution in [0.2, 0.25) is 0 Å². The molecule has 0 heterocycles. The Morgan fingerprint density at radius 2 is 0.613 bits per heavy atom. The molecule has 0 saturated heterocycles. The molecule has 0 spiro atoms. The van der Waals surface area contributed by atoms with E-state index in [0.29, 0.717) is 0 Å². The van der Waals surface area contributed by atoms with Crippen LogP contribution in [0.4, 0.5) is 0 Å². The van der Waals surface area contributed by atoms with Gasteiger partial charge in [0.05, 0.1) is 16.1 Å². The molecule has 0 amide bonds. The first-order valence-electron chi connectivity index (χ1n) is 10.6. The summed E-state index contributed by atoms with van der Waals surface area (Å²) in [6.07, 6.45) is 0. The van der Waals surface area contributed by atoms with E-state index in [-0.39, 0.29) is 0 Å². The molecule has 0 aliphatic carbocycles. The molecule has 1 nitrogen and oxygen atoms in total. The van der Waals surface area contributed by atoms with Gasteiger partial charge < -0.3 is 0 Å². The van der Waals surface area contributed by atoms with Crippen LogP contribution < -0.4 is 26.1 Å². The van der Waals surface area contributed by atoms with E-state index in [4.69, 9.17) is 4.86 Å². The molecule has 0 aromatic heterocycles. The van der Waals surface area contributed by atoms with E-state index in [0.717, 1.165) is 0 Å². The summed E-state index contributed by atoms with van der Waals surface area (Å²) < 4.78 is 0. The van der Waals surface area contributed by atoms with Crippen molar-refractivity contribution in [2.45, 2.75) is 27.7 Å². The molecule has 1 radical (unpaired) electrons. The van der Waals surface area contributed by atoms with Gasteiger partial charge in [-0.3, -0.25) is 0 Å². The van der Waals surface area contributed by atoms with Crippen molar-refractivity contribution in [2.24, 2.45) is 0 Å². The predicted molar refractivity (Wildman–Crippen MR) is 139 cm³/mol. The predicted octanol–water partition coefficient (Wildman–Crippen LogP) is 5.92. The number of nitrogens with zero attached hydrogens (tertiary/aromatic N) is 1. The third kappa shape index (κ3) is 4.81. The fourth-order valence-electron chi connectivity index (χ4n) is 3.75. The fourth-order valence-corrected chi connectivity index (χ4v) is 9.07. The lowest BCUT2D eigenvalue weighted by molar-refractivity contribution is 1.46. The standard InChI is InChI=1S/C28H28NP2/c1-21-13-5-9-17-25(21)30(26-18-10-6-14-22(26)2)29-31(27-19-11-7-15-23(27)3)28-20-12-8-16-24(28)4/h5-20H,1-4H3. The van der Waals surface area contributed by atoms with E-state index in [1.807, 2.05) is 0 Å². The van der Waals surface area contributed by atoms with E-state index in [1.54, 1.807) is 0 Å². The minimum Gasteiger partial charge on any atom is -0.173 e. The highest BCUT2D eigenvalue weighted by Crippen LogP contribution is 2.46. The third-order valence-electron chi connectivity index (χ3n) is 5.55. The van der Waals surface area contributed by atoms with Gasteiger partial charge >= 0.3 is 0 Å². The monoisotopic (exact) mass is 440 g/mol. The summed E-state index contributed by atoms with van der Waals surface area (Å²) in [6.45, 7) is 8.84. The zero-order valence-electron chi connectivity index (χ0n) is 18.6. The second-order valence-electron chi connectivity index (χ2n) is 7.86. The van der Waals surface area contributed by atoms with E-state index >= 15 is 0 Å². The van der Waals surface area contributed by atoms with Crippen LogP contribution >= 0.6 is 16.1 Å². The van der Waals surface area contributed by atoms with Crippen molar-refractivity contribution < 1.29 is 0 Å². The molecule has 0 aliphatic rings. The molecular formula is C28H28NP2. The highest BCUT2D eigenvalue weighted by molar-refractivity contribution is 7.85. The summed E-state index contributed by atoms with van der Waals surface area (Å²) in [5.74, 6) is 0. The van der Waals surface area contributed by atoms with E-state index in [9.17, 15) is 0 Å². The number of rotatable bonds is 6. The molecule has 0 aliphatic heterocycles.